The average Bonchev–Trinajstić information content (AvgIpc) is 3.04. The van der Waals surface area contributed by atoms with E-state index in [4.69, 9.17) is 0 Å². The maximum atomic E-state index is 2.54. The second-order valence-electron chi connectivity index (χ2n) is 12.5. The highest BCUT2D eigenvalue weighted by atomic mass is 127. The third-order valence-corrected chi connectivity index (χ3v) is 12.4. The highest BCUT2D eigenvalue weighted by Gasteiger charge is 2.31. The van der Waals surface area contributed by atoms with Gasteiger partial charge in [0.15, 0.2) is 0 Å². The van der Waals surface area contributed by atoms with E-state index in [1.807, 2.05) is 0 Å². The topological polar surface area (TPSA) is 0 Å². The molecule has 0 radical (unpaired) electrons. The van der Waals surface area contributed by atoms with Crippen molar-refractivity contribution in [1.29, 1.82) is 0 Å². The molecule has 1 aliphatic rings. The monoisotopic (exact) mass is 802 g/mol. The predicted molar refractivity (Wildman–Crippen MR) is 208 cm³/mol. The van der Waals surface area contributed by atoms with Gasteiger partial charge in [-0.2, -0.15) is 0 Å². The molecule has 0 heterocycles. The summed E-state index contributed by atoms with van der Waals surface area (Å²) < 4.78 is 2.66. The lowest BCUT2D eigenvalue weighted by Gasteiger charge is -2.34. The van der Waals surface area contributed by atoms with Gasteiger partial charge in [0, 0.05) is 7.14 Å². The molecule has 0 bridgehead atoms. The Balaban J connectivity index is 1.77. The molecule has 0 aromatic heterocycles. The maximum Gasteiger partial charge on any atom is 0.0270 e. The minimum Gasteiger partial charge on any atom is -0.0651 e. The van der Waals surface area contributed by atoms with E-state index in [1.54, 1.807) is 44.5 Å². The molecule has 44 heavy (non-hydrogen) atoms. The fourth-order valence-electron chi connectivity index (χ4n) is 7.93. The van der Waals surface area contributed by atoms with Crippen molar-refractivity contribution in [2.75, 3.05) is 0 Å². The lowest BCUT2D eigenvalue weighted by molar-refractivity contribution is 0.774. The average molecular weight is 803 g/mol. The van der Waals surface area contributed by atoms with Gasteiger partial charge in [-0.3, -0.25) is 0 Å². The van der Waals surface area contributed by atoms with E-state index in [1.165, 1.54) is 91.5 Å². The standard InChI is InChI=1S/C42H44I2/c1-5-15-29-30(16-6-2)32(18-8-4)34-24-36-35(23-33(34)31(29)17-7-3)41(27-19-11-9-12-20-27)37-25-39(43)40(44)26-38(37)42(36)28-21-13-10-14-22-28/h9-14,19-22,25-26H,5-8,15-18,23-24H2,1-4H3. The quantitative estimate of drug-likeness (QED) is 0.121. The van der Waals surface area contributed by atoms with E-state index in [9.17, 15) is 0 Å². The van der Waals surface area contributed by atoms with E-state index in [0.29, 0.717) is 0 Å². The number of halogens is 2. The Kier molecular flexibility index (Phi) is 10.2. The van der Waals surface area contributed by atoms with E-state index in [-0.39, 0.29) is 0 Å². The molecule has 2 heteroatoms. The van der Waals surface area contributed by atoms with Crippen LogP contribution in [0.3, 0.4) is 0 Å². The molecule has 0 fully saturated rings. The fraction of sp³-hybridized carbons (Fsp3) is 0.333. The molecule has 5 aromatic carbocycles. The van der Waals surface area contributed by atoms with E-state index < -0.39 is 0 Å². The van der Waals surface area contributed by atoms with Crippen molar-refractivity contribution < 1.29 is 0 Å². The van der Waals surface area contributed by atoms with Crippen molar-refractivity contribution >= 4 is 56.0 Å². The zero-order chi connectivity index (χ0) is 30.8. The summed E-state index contributed by atoms with van der Waals surface area (Å²) in [5, 5.41) is 2.79. The molecular formula is C42H44I2. The van der Waals surface area contributed by atoms with Gasteiger partial charge in [0.2, 0.25) is 0 Å². The van der Waals surface area contributed by atoms with Crippen molar-refractivity contribution in [1.82, 2.24) is 0 Å². The predicted octanol–water partition coefficient (Wildman–Crippen LogP) is 12.7. The number of hydrogen-bond donors (Lipinski definition) is 0. The van der Waals surface area contributed by atoms with Crippen LogP contribution in [-0.2, 0) is 38.5 Å². The second-order valence-corrected chi connectivity index (χ2v) is 14.8. The van der Waals surface area contributed by atoms with Gasteiger partial charge in [0.05, 0.1) is 0 Å². The van der Waals surface area contributed by atoms with Gasteiger partial charge < -0.3 is 0 Å². The van der Waals surface area contributed by atoms with Crippen molar-refractivity contribution in [3.63, 3.8) is 0 Å². The zero-order valence-electron chi connectivity index (χ0n) is 26.8. The van der Waals surface area contributed by atoms with Gasteiger partial charge in [-0.25, -0.2) is 0 Å². The molecule has 1 aliphatic carbocycles. The summed E-state index contributed by atoms with van der Waals surface area (Å²) in [6.45, 7) is 9.49. The summed E-state index contributed by atoms with van der Waals surface area (Å²) in [6.07, 6.45) is 11.7. The summed E-state index contributed by atoms with van der Waals surface area (Å²) in [6, 6.07) is 27.4. The van der Waals surface area contributed by atoms with Gasteiger partial charge >= 0.3 is 0 Å². The van der Waals surface area contributed by atoms with Crippen LogP contribution in [0.25, 0.3) is 33.0 Å². The Bertz CT molecular complexity index is 1670. The zero-order valence-corrected chi connectivity index (χ0v) is 31.1. The van der Waals surface area contributed by atoms with Crippen molar-refractivity contribution in [3.8, 4) is 22.3 Å². The molecule has 0 N–H and O–H groups in total. The Morgan fingerprint density at radius 2 is 0.795 bits per heavy atom. The van der Waals surface area contributed by atoms with Crippen LogP contribution in [0.1, 0.15) is 97.9 Å². The van der Waals surface area contributed by atoms with E-state index in [2.05, 4.69) is 146 Å². The van der Waals surface area contributed by atoms with Crippen molar-refractivity contribution in [2.24, 2.45) is 0 Å². The lowest BCUT2D eigenvalue weighted by atomic mass is 9.70. The third kappa shape index (κ3) is 5.79. The van der Waals surface area contributed by atoms with Crippen molar-refractivity contribution in [2.45, 2.75) is 91.9 Å². The summed E-state index contributed by atoms with van der Waals surface area (Å²) in [5.41, 5.74) is 18.8. The summed E-state index contributed by atoms with van der Waals surface area (Å²) >= 11 is 5.08. The fourth-order valence-corrected chi connectivity index (χ4v) is 8.86. The molecule has 226 valence electrons. The highest BCUT2D eigenvalue weighted by molar-refractivity contribution is 14.1. The maximum absolute atomic E-state index is 2.54. The lowest BCUT2D eigenvalue weighted by Crippen LogP contribution is -2.20. The molecule has 5 aromatic rings. The van der Waals surface area contributed by atoms with Crippen LogP contribution in [0.5, 0.6) is 0 Å². The van der Waals surface area contributed by atoms with Crippen LogP contribution < -0.4 is 0 Å². The van der Waals surface area contributed by atoms with Crippen LogP contribution >= 0.6 is 45.2 Å². The first-order valence-electron chi connectivity index (χ1n) is 16.8. The van der Waals surface area contributed by atoms with Crippen molar-refractivity contribution in [3.05, 3.63) is 124 Å². The third-order valence-electron chi connectivity index (χ3n) is 9.58. The Labute approximate surface area is 292 Å². The SMILES string of the molecule is CCCc1c(CCC)c(CCC)c2c(c1CCC)Cc1c(c(-c3ccccc3)c3cc(I)c(I)cc3c1-c1ccccc1)C2. The smallest absolute Gasteiger partial charge is 0.0270 e. The summed E-state index contributed by atoms with van der Waals surface area (Å²) in [7, 11) is 0. The molecule has 0 saturated carbocycles. The van der Waals surface area contributed by atoms with Crippen LogP contribution in [0, 0.1) is 7.14 Å². The molecule has 0 unspecified atom stereocenters. The first-order chi connectivity index (χ1) is 21.5. The van der Waals surface area contributed by atoms with Crippen LogP contribution in [0.15, 0.2) is 72.8 Å². The van der Waals surface area contributed by atoms with Gasteiger partial charge in [-0.15, -0.1) is 0 Å². The number of fused-ring (bicyclic) bond motifs is 3. The van der Waals surface area contributed by atoms with Gasteiger partial charge in [0.1, 0.15) is 0 Å². The largest absolute Gasteiger partial charge is 0.0651 e. The van der Waals surface area contributed by atoms with Gasteiger partial charge in [-0.05, 0) is 173 Å². The first-order valence-corrected chi connectivity index (χ1v) is 18.9. The normalized spacial score (nSPS) is 12.4. The van der Waals surface area contributed by atoms with Crippen LogP contribution in [-0.4, -0.2) is 0 Å². The highest BCUT2D eigenvalue weighted by Crippen LogP contribution is 2.49. The Hall–Kier alpha value is -2.18. The summed E-state index contributed by atoms with van der Waals surface area (Å²) in [5.74, 6) is 0. The van der Waals surface area contributed by atoms with Gasteiger partial charge in [-0.1, -0.05) is 114 Å². The molecule has 0 aliphatic heterocycles. The summed E-state index contributed by atoms with van der Waals surface area (Å²) in [4.78, 5) is 0. The molecule has 0 spiro atoms. The number of benzene rings is 5. The minimum absolute atomic E-state index is 1.03. The number of rotatable bonds is 10. The second kappa shape index (κ2) is 14.1. The molecule has 0 nitrogen and oxygen atoms in total. The molecular weight excluding hydrogens is 758 g/mol. The van der Waals surface area contributed by atoms with E-state index in [0.717, 1.165) is 12.8 Å². The Morgan fingerprint density at radius 3 is 1.14 bits per heavy atom. The first kappa shape index (κ1) is 31.8. The molecule has 0 amide bonds. The van der Waals surface area contributed by atoms with Gasteiger partial charge in [0.25, 0.3) is 0 Å². The Morgan fingerprint density at radius 1 is 0.455 bits per heavy atom. The van der Waals surface area contributed by atoms with E-state index >= 15 is 0 Å². The number of hydrogen-bond acceptors (Lipinski definition) is 0. The van der Waals surface area contributed by atoms with Crippen LogP contribution in [0.2, 0.25) is 0 Å². The molecule has 0 atom stereocenters. The molecule has 0 saturated heterocycles. The molecule has 6 rings (SSSR count). The van der Waals surface area contributed by atoms with Crippen LogP contribution in [0.4, 0.5) is 0 Å². The minimum atomic E-state index is 1.03.